The Morgan fingerprint density at radius 2 is 1.89 bits per heavy atom. The normalized spacial score (nSPS) is 15.4. The summed E-state index contributed by atoms with van der Waals surface area (Å²) in [5, 5.41) is 1.03. The largest absolute Gasteiger partial charge is 0.495 e. The highest BCUT2D eigenvalue weighted by Crippen LogP contribution is 2.34. The number of halogens is 1. The first-order valence-corrected chi connectivity index (χ1v) is 10.3. The Bertz CT molecular complexity index is 939. The van der Waals surface area contributed by atoms with Gasteiger partial charge in [-0.25, -0.2) is 4.99 Å². The van der Waals surface area contributed by atoms with Crippen LogP contribution < -0.4 is 14.4 Å². The van der Waals surface area contributed by atoms with E-state index in [1.807, 2.05) is 44.4 Å². The summed E-state index contributed by atoms with van der Waals surface area (Å²) in [5.74, 6) is 1.14. The van der Waals surface area contributed by atoms with E-state index in [-0.39, 0.29) is 12.0 Å². The Labute approximate surface area is 174 Å². The van der Waals surface area contributed by atoms with Crippen LogP contribution in [0.1, 0.15) is 19.4 Å². The molecular weight excluding hydrogens is 396 g/mol. The van der Waals surface area contributed by atoms with Crippen LogP contribution in [0.25, 0.3) is 6.08 Å². The van der Waals surface area contributed by atoms with Gasteiger partial charge < -0.3 is 9.47 Å². The fraction of sp³-hybridized carbons (Fsp3) is 0.238. The van der Waals surface area contributed by atoms with Crippen LogP contribution in [-0.2, 0) is 4.79 Å². The topological polar surface area (TPSA) is 51.1 Å². The van der Waals surface area contributed by atoms with Gasteiger partial charge in [0.15, 0.2) is 5.17 Å². The molecule has 3 rings (SSSR count). The maximum absolute atomic E-state index is 13.0. The third-order valence-electron chi connectivity index (χ3n) is 3.96. The Morgan fingerprint density at radius 3 is 2.46 bits per heavy atom. The lowest BCUT2D eigenvalue weighted by Gasteiger charge is -2.17. The fourth-order valence-electron chi connectivity index (χ4n) is 2.73. The summed E-state index contributed by atoms with van der Waals surface area (Å²) >= 11 is 7.63. The lowest BCUT2D eigenvalue weighted by atomic mass is 10.2. The Kier molecular flexibility index (Phi) is 6.31. The van der Waals surface area contributed by atoms with E-state index in [2.05, 4.69) is 4.99 Å². The van der Waals surface area contributed by atoms with Crippen molar-refractivity contribution in [2.75, 3.05) is 18.3 Å². The second kappa shape index (κ2) is 8.71. The summed E-state index contributed by atoms with van der Waals surface area (Å²) in [5.41, 5.74) is 1.89. The minimum absolute atomic E-state index is 0.110. The Balaban J connectivity index is 1.88. The van der Waals surface area contributed by atoms with E-state index in [4.69, 9.17) is 21.1 Å². The summed E-state index contributed by atoms with van der Waals surface area (Å²) in [6.45, 7) is 3.96. The molecule has 5 nitrogen and oxygen atoms in total. The second-order valence-corrected chi connectivity index (χ2v) is 7.50. The highest BCUT2D eigenvalue weighted by atomic mass is 35.5. The molecule has 2 aromatic rings. The van der Waals surface area contributed by atoms with Crippen molar-refractivity contribution in [3.05, 3.63) is 58.7 Å². The number of carbonyl (C=O) groups is 1. The number of carbonyl (C=O) groups excluding carboxylic acids is 1. The SMILES string of the molecule is COc1ccc(N2C(=O)C(=Cc3ccc(OC(C)C)cc3)N=C2SC)cc1Cl. The van der Waals surface area contributed by atoms with Gasteiger partial charge in [0, 0.05) is 0 Å². The van der Waals surface area contributed by atoms with E-state index < -0.39 is 0 Å². The third-order valence-corrected chi connectivity index (χ3v) is 4.90. The highest BCUT2D eigenvalue weighted by molar-refractivity contribution is 8.13. The van der Waals surface area contributed by atoms with Crippen LogP contribution in [0, 0.1) is 0 Å². The number of aliphatic imine (C=N–C) groups is 1. The van der Waals surface area contributed by atoms with Gasteiger partial charge in [0.2, 0.25) is 0 Å². The van der Waals surface area contributed by atoms with Crippen molar-refractivity contribution in [3.63, 3.8) is 0 Å². The van der Waals surface area contributed by atoms with Gasteiger partial charge in [-0.15, -0.1) is 0 Å². The third kappa shape index (κ3) is 4.34. The van der Waals surface area contributed by atoms with Crippen LogP contribution in [0.2, 0.25) is 5.02 Å². The van der Waals surface area contributed by atoms with Gasteiger partial charge in [-0.2, -0.15) is 0 Å². The number of benzene rings is 2. The number of hydrogen-bond acceptors (Lipinski definition) is 5. The van der Waals surface area contributed by atoms with Crippen molar-refractivity contribution in [2.24, 2.45) is 4.99 Å². The van der Waals surface area contributed by atoms with Crippen LogP contribution in [0.4, 0.5) is 5.69 Å². The maximum Gasteiger partial charge on any atom is 0.283 e. The minimum atomic E-state index is -0.201. The van der Waals surface area contributed by atoms with Crippen LogP contribution in [0.15, 0.2) is 53.2 Å². The smallest absolute Gasteiger partial charge is 0.283 e. The average molecular weight is 417 g/mol. The van der Waals surface area contributed by atoms with E-state index in [0.717, 1.165) is 11.3 Å². The van der Waals surface area contributed by atoms with Crippen molar-refractivity contribution in [3.8, 4) is 11.5 Å². The van der Waals surface area contributed by atoms with Crippen molar-refractivity contribution in [1.82, 2.24) is 0 Å². The molecule has 0 fully saturated rings. The van der Waals surface area contributed by atoms with Crippen LogP contribution in [-0.4, -0.2) is 30.5 Å². The molecule has 0 radical (unpaired) electrons. The molecule has 1 heterocycles. The highest BCUT2D eigenvalue weighted by Gasteiger charge is 2.31. The molecule has 0 saturated heterocycles. The lowest BCUT2D eigenvalue weighted by Crippen LogP contribution is -2.30. The predicted molar refractivity (Wildman–Crippen MR) is 117 cm³/mol. The molecule has 0 unspecified atom stereocenters. The molecule has 2 aromatic carbocycles. The summed E-state index contributed by atoms with van der Waals surface area (Å²) in [4.78, 5) is 19.0. The van der Waals surface area contributed by atoms with Crippen molar-refractivity contribution in [2.45, 2.75) is 20.0 Å². The monoisotopic (exact) mass is 416 g/mol. The quantitative estimate of drug-likeness (QED) is 0.625. The number of anilines is 1. The zero-order valence-corrected chi connectivity index (χ0v) is 17.7. The summed E-state index contributed by atoms with van der Waals surface area (Å²) in [6.07, 6.45) is 3.76. The van der Waals surface area contributed by atoms with Crippen molar-refractivity contribution < 1.29 is 14.3 Å². The summed E-state index contributed by atoms with van der Waals surface area (Å²) in [7, 11) is 1.55. The molecule has 1 amide bonds. The van der Waals surface area contributed by atoms with Gasteiger partial charge in [-0.3, -0.25) is 9.69 Å². The maximum atomic E-state index is 13.0. The molecular formula is C21H21ClN2O3S. The fourth-order valence-corrected chi connectivity index (χ4v) is 3.54. The number of rotatable bonds is 5. The molecule has 0 aliphatic carbocycles. The molecule has 0 aromatic heterocycles. The predicted octanol–water partition coefficient (Wildman–Crippen LogP) is 5.24. The van der Waals surface area contributed by atoms with Crippen LogP contribution >= 0.6 is 23.4 Å². The first-order valence-electron chi connectivity index (χ1n) is 8.72. The summed E-state index contributed by atoms with van der Waals surface area (Å²) in [6, 6.07) is 12.8. The molecule has 1 aliphatic heterocycles. The summed E-state index contributed by atoms with van der Waals surface area (Å²) < 4.78 is 10.8. The molecule has 0 N–H and O–H groups in total. The number of amides is 1. The van der Waals surface area contributed by atoms with Gasteiger partial charge in [0.05, 0.1) is 23.9 Å². The molecule has 1 aliphatic rings. The van der Waals surface area contributed by atoms with Gasteiger partial charge >= 0.3 is 0 Å². The number of amidine groups is 1. The number of hydrogen-bond donors (Lipinski definition) is 0. The van der Waals surface area contributed by atoms with Crippen LogP contribution in [0.3, 0.4) is 0 Å². The van der Waals surface area contributed by atoms with E-state index >= 15 is 0 Å². The number of ether oxygens (including phenoxy) is 2. The molecule has 28 heavy (non-hydrogen) atoms. The van der Waals surface area contributed by atoms with Gasteiger partial charge in [0.25, 0.3) is 5.91 Å². The zero-order valence-electron chi connectivity index (χ0n) is 16.1. The molecule has 7 heteroatoms. The van der Waals surface area contributed by atoms with Gasteiger partial charge in [-0.05, 0) is 62.1 Å². The Hall–Kier alpha value is -2.44. The second-order valence-electron chi connectivity index (χ2n) is 6.32. The first-order chi connectivity index (χ1) is 13.4. The average Bonchev–Trinajstić information content (AvgIpc) is 2.98. The number of thioether (sulfide) groups is 1. The first kappa shape index (κ1) is 20.3. The standard InChI is InChI=1S/C21H21ClN2O3S/c1-13(2)27-16-8-5-14(6-9-16)11-18-20(25)24(21(23-18)28-4)15-7-10-19(26-3)17(22)12-15/h5-13H,1-4H3. The molecule has 0 saturated carbocycles. The minimum Gasteiger partial charge on any atom is -0.495 e. The zero-order chi connectivity index (χ0) is 20.3. The van der Waals surface area contributed by atoms with E-state index in [0.29, 0.717) is 27.3 Å². The van der Waals surface area contributed by atoms with E-state index in [1.165, 1.54) is 11.8 Å². The lowest BCUT2D eigenvalue weighted by molar-refractivity contribution is -0.113. The van der Waals surface area contributed by atoms with Gasteiger partial charge in [-0.1, -0.05) is 35.5 Å². The van der Waals surface area contributed by atoms with E-state index in [1.54, 1.807) is 36.3 Å². The molecule has 0 bridgehead atoms. The Morgan fingerprint density at radius 1 is 1.18 bits per heavy atom. The van der Waals surface area contributed by atoms with Crippen LogP contribution in [0.5, 0.6) is 11.5 Å². The van der Waals surface area contributed by atoms with Crippen molar-refractivity contribution >= 4 is 46.2 Å². The molecule has 0 atom stereocenters. The molecule has 146 valence electrons. The number of methoxy groups -OCH3 is 1. The van der Waals surface area contributed by atoms with E-state index in [9.17, 15) is 4.79 Å². The number of nitrogens with zero attached hydrogens (tertiary/aromatic N) is 2. The van der Waals surface area contributed by atoms with Crippen molar-refractivity contribution in [1.29, 1.82) is 0 Å². The van der Waals surface area contributed by atoms with Gasteiger partial charge in [0.1, 0.15) is 17.2 Å². The molecule has 0 spiro atoms.